The Morgan fingerprint density at radius 3 is 2.84 bits per heavy atom. The second kappa shape index (κ2) is 5.17. The Labute approximate surface area is 107 Å². The lowest BCUT2D eigenvalue weighted by Gasteiger charge is -2.03. The summed E-state index contributed by atoms with van der Waals surface area (Å²) in [7, 11) is 1.45. The molecule has 0 fully saturated rings. The van der Waals surface area contributed by atoms with Crippen LogP contribution in [-0.2, 0) is 0 Å². The van der Waals surface area contributed by atoms with Crippen molar-refractivity contribution in [3.05, 3.63) is 35.9 Å². The molecule has 0 saturated heterocycles. The number of carboxylic acids is 1. The van der Waals surface area contributed by atoms with E-state index in [1.807, 2.05) is 0 Å². The lowest BCUT2D eigenvalue weighted by atomic mass is 10.3. The SMILES string of the molecule is COc1cc(NC(=O)c2cc(C(=O)O)on2)ccn1. The molecule has 0 spiro atoms. The van der Waals surface area contributed by atoms with Crippen LogP contribution in [0, 0.1) is 0 Å². The lowest BCUT2D eigenvalue weighted by Crippen LogP contribution is -2.12. The van der Waals surface area contributed by atoms with Crippen molar-refractivity contribution in [1.82, 2.24) is 10.1 Å². The minimum Gasteiger partial charge on any atom is -0.481 e. The van der Waals surface area contributed by atoms with Crippen LogP contribution in [0.2, 0.25) is 0 Å². The maximum Gasteiger partial charge on any atom is 0.374 e. The first kappa shape index (κ1) is 12.6. The number of aromatic carboxylic acids is 1. The summed E-state index contributed by atoms with van der Waals surface area (Å²) in [6, 6.07) is 4.10. The molecular formula is C11H9N3O5. The van der Waals surface area contributed by atoms with E-state index in [2.05, 4.69) is 20.0 Å². The van der Waals surface area contributed by atoms with Crippen LogP contribution in [0.5, 0.6) is 5.88 Å². The molecule has 0 aromatic carbocycles. The molecule has 0 radical (unpaired) electrons. The Bertz CT molecular complexity index is 622. The van der Waals surface area contributed by atoms with E-state index >= 15 is 0 Å². The second-order valence-electron chi connectivity index (χ2n) is 3.42. The highest BCUT2D eigenvalue weighted by molar-refractivity contribution is 6.03. The highest BCUT2D eigenvalue weighted by Gasteiger charge is 2.16. The Morgan fingerprint density at radius 1 is 1.42 bits per heavy atom. The summed E-state index contributed by atoms with van der Waals surface area (Å²) in [5.41, 5.74) is 0.310. The summed E-state index contributed by atoms with van der Waals surface area (Å²) in [6.07, 6.45) is 1.46. The number of hydrogen-bond donors (Lipinski definition) is 2. The largest absolute Gasteiger partial charge is 0.481 e. The van der Waals surface area contributed by atoms with Gasteiger partial charge in [0.05, 0.1) is 7.11 Å². The Kier molecular flexibility index (Phi) is 3.42. The van der Waals surface area contributed by atoms with Gasteiger partial charge in [-0.25, -0.2) is 9.78 Å². The van der Waals surface area contributed by atoms with Gasteiger partial charge in [0, 0.05) is 24.0 Å². The standard InChI is InChI=1S/C11H9N3O5/c1-18-9-4-6(2-3-12-9)13-10(15)7-5-8(11(16)17)19-14-7/h2-5H,1H3,(H,16,17)(H,12,13,15). The summed E-state index contributed by atoms with van der Waals surface area (Å²) >= 11 is 0. The third kappa shape index (κ3) is 2.86. The van der Waals surface area contributed by atoms with Crippen LogP contribution < -0.4 is 10.1 Å². The van der Waals surface area contributed by atoms with Gasteiger partial charge in [-0.15, -0.1) is 0 Å². The van der Waals surface area contributed by atoms with Gasteiger partial charge < -0.3 is 19.7 Å². The number of amides is 1. The number of carbonyl (C=O) groups is 2. The molecule has 2 rings (SSSR count). The maximum absolute atomic E-state index is 11.8. The van der Waals surface area contributed by atoms with Crippen LogP contribution >= 0.6 is 0 Å². The van der Waals surface area contributed by atoms with Crippen molar-refractivity contribution in [1.29, 1.82) is 0 Å². The number of aromatic nitrogens is 2. The van der Waals surface area contributed by atoms with Crippen LogP contribution in [0.15, 0.2) is 28.9 Å². The number of hydrogen-bond acceptors (Lipinski definition) is 6. The van der Waals surface area contributed by atoms with E-state index in [1.165, 1.54) is 19.4 Å². The topological polar surface area (TPSA) is 115 Å². The maximum atomic E-state index is 11.8. The number of carbonyl (C=O) groups excluding carboxylic acids is 1. The minimum absolute atomic E-state index is 0.131. The molecule has 8 heteroatoms. The third-order valence-electron chi connectivity index (χ3n) is 2.16. The predicted molar refractivity (Wildman–Crippen MR) is 62.2 cm³/mol. The summed E-state index contributed by atoms with van der Waals surface area (Å²) in [5.74, 6) is -1.96. The zero-order chi connectivity index (χ0) is 13.8. The summed E-state index contributed by atoms with van der Waals surface area (Å²) in [4.78, 5) is 26.2. The van der Waals surface area contributed by atoms with E-state index in [-0.39, 0.29) is 5.69 Å². The number of nitrogens with zero attached hydrogens (tertiary/aromatic N) is 2. The molecule has 0 aliphatic carbocycles. The second-order valence-corrected chi connectivity index (χ2v) is 3.42. The van der Waals surface area contributed by atoms with Gasteiger partial charge >= 0.3 is 5.97 Å². The fourth-order valence-corrected chi connectivity index (χ4v) is 1.28. The quantitative estimate of drug-likeness (QED) is 0.846. The molecule has 2 aromatic rings. The van der Waals surface area contributed by atoms with Crippen molar-refractivity contribution >= 4 is 17.6 Å². The van der Waals surface area contributed by atoms with Gasteiger partial charge in [0.2, 0.25) is 11.6 Å². The molecule has 0 aliphatic rings. The number of nitrogens with one attached hydrogen (secondary N) is 1. The van der Waals surface area contributed by atoms with Crippen LogP contribution in [0.1, 0.15) is 21.0 Å². The molecule has 2 N–H and O–H groups in total. The summed E-state index contributed by atoms with van der Waals surface area (Å²) in [5, 5.41) is 14.5. The van der Waals surface area contributed by atoms with Crippen molar-refractivity contribution in [3.63, 3.8) is 0 Å². The van der Waals surface area contributed by atoms with E-state index in [9.17, 15) is 9.59 Å². The molecule has 0 aliphatic heterocycles. The fourth-order valence-electron chi connectivity index (χ4n) is 1.28. The van der Waals surface area contributed by atoms with Crippen LogP contribution in [0.4, 0.5) is 5.69 Å². The number of methoxy groups -OCH3 is 1. The molecule has 19 heavy (non-hydrogen) atoms. The summed E-state index contributed by atoms with van der Waals surface area (Å²) < 4.78 is 9.39. The van der Waals surface area contributed by atoms with Crippen molar-refractivity contribution in [3.8, 4) is 5.88 Å². The Balaban J connectivity index is 2.13. The fraction of sp³-hybridized carbons (Fsp3) is 0.0909. The molecule has 2 aromatic heterocycles. The zero-order valence-corrected chi connectivity index (χ0v) is 9.78. The van der Waals surface area contributed by atoms with Gasteiger partial charge in [0.25, 0.3) is 5.91 Å². The Morgan fingerprint density at radius 2 is 2.21 bits per heavy atom. The first-order chi connectivity index (χ1) is 9.10. The molecule has 2 heterocycles. The van der Waals surface area contributed by atoms with E-state index in [4.69, 9.17) is 9.84 Å². The number of carboxylic acid groups (broad SMARTS) is 1. The molecular weight excluding hydrogens is 254 g/mol. The van der Waals surface area contributed by atoms with Gasteiger partial charge in [-0.1, -0.05) is 5.16 Å². The molecule has 0 atom stereocenters. The Hall–Kier alpha value is -2.90. The minimum atomic E-state index is -1.29. The van der Waals surface area contributed by atoms with Crippen LogP contribution in [0.25, 0.3) is 0 Å². The monoisotopic (exact) mass is 263 g/mol. The van der Waals surface area contributed by atoms with Gasteiger partial charge in [0.1, 0.15) is 0 Å². The van der Waals surface area contributed by atoms with E-state index < -0.39 is 17.6 Å². The normalized spacial score (nSPS) is 9.95. The first-order valence-corrected chi connectivity index (χ1v) is 5.11. The first-order valence-electron chi connectivity index (χ1n) is 5.11. The van der Waals surface area contributed by atoms with E-state index in [1.54, 1.807) is 6.07 Å². The smallest absolute Gasteiger partial charge is 0.374 e. The van der Waals surface area contributed by atoms with Crippen molar-refractivity contribution in [2.45, 2.75) is 0 Å². The van der Waals surface area contributed by atoms with Gasteiger partial charge in [-0.2, -0.15) is 0 Å². The third-order valence-corrected chi connectivity index (χ3v) is 2.16. The average molecular weight is 263 g/mol. The van der Waals surface area contributed by atoms with Crippen molar-refractivity contribution in [2.75, 3.05) is 12.4 Å². The lowest BCUT2D eigenvalue weighted by molar-refractivity contribution is 0.0651. The molecule has 0 bridgehead atoms. The van der Waals surface area contributed by atoms with Crippen LogP contribution in [0.3, 0.4) is 0 Å². The van der Waals surface area contributed by atoms with Gasteiger partial charge in [0.15, 0.2) is 5.69 Å². The molecule has 8 nitrogen and oxygen atoms in total. The number of pyridine rings is 1. The molecule has 1 amide bonds. The average Bonchev–Trinajstić information content (AvgIpc) is 2.89. The van der Waals surface area contributed by atoms with Gasteiger partial charge in [-0.05, 0) is 6.07 Å². The molecule has 0 saturated carbocycles. The number of rotatable bonds is 4. The van der Waals surface area contributed by atoms with Crippen LogP contribution in [-0.4, -0.2) is 34.2 Å². The van der Waals surface area contributed by atoms with E-state index in [0.29, 0.717) is 11.6 Å². The van der Waals surface area contributed by atoms with E-state index in [0.717, 1.165) is 6.07 Å². The molecule has 0 unspecified atom stereocenters. The van der Waals surface area contributed by atoms with Crippen molar-refractivity contribution in [2.24, 2.45) is 0 Å². The highest BCUT2D eigenvalue weighted by Crippen LogP contribution is 2.14. The molecule has 98 valence electrons. The number of anilines is 1. The van der Waals surface area contributed by atoms with Crippen molar-refractivity contribution < 1.29 is 24.0 Å². The highest BCUT2D eigenvalue weighted by atomic mass is 16.5. The zero-order valence-electron chi connectivity index (χ0n) is 9.78. The van der Waals surface area contributed by atoms with Gasteiger partial charge in [-0.3, -0.25) is 4.79 Å². The summed E-state index contributed by atoms with van der Waals surface area (Å²) in [6.45, 7) is 0. The number of ether oxygens (including phenoxy) is 1. The predicted octanol–water partition coefficient (Wildman–Crippen LogP) is 1.03.